The minimum Gasteiger partial charge on any atom is -0.371 e. The number of aromatic nitrogens is 6. The van der Waals surface area contributed by atoms with Crippen LogP contribution >= 0.6 is 11.6 Å². The molecule has 0 bridgehead atoms. The maximum absolute atomic E-state index is 15.6. The van der Waals surface area contributed by atoms with Crippen LogP contribution in [0.3, 0.4) is 0 Å². The average Bonchev–Trinajstić information content (AvgIpc) is 3.75. The highest BCUT2D eigenvalue weighted by Gasteiger charge is 2.67. The van der Waals surface area contributed by atoms with Crippen molar-refractivity contribution in [3.63, 3.8) is 0 Å². The van der Waals surface area contributed by atoms with Gasteiger partial charge in [0.05, 0.1) is 50.1 Å². The van der Waals surface area contributed by atoms with Crippen LogP contribution in [0, 0.1) is 17.6 Å². The average molecular weight is 966 g/mol. The quantitative estimate of drug-likeness (QED) is 0.137. The van der Waals surface area contributed by atoms with Gasteiger partial charge in [0.25, 0.3) is 17.9 Å². The number of fused-ring (bicyclic) bond motifs is 5. The number of aryl methyl sites for hydroxylation is 1. The Morgan fingerprint density at radius 1 is 0.985 bits per heavy atom. The number of rotatable bonds is 12. The largest absolute Gasteiger partial charge is 0.371 e. The third-order valence-corrected chi connectivity index (χ3v) is 14.8. The molecule has 0 unspecified atom stereocenters. The third-order valence-electron chi connectivity index (χ3n) is 12.2. The maximum Gasteiger partial charge on any atom is 0.293 e. The lowest BCUT2D eigenvalue weighted by Crippen LogP contribution is -2.39. The number of sulfonamides is 1. The number of carbonyl (C=O) groups excluding carboxylic acids is 1. The lowest BCUT2D eigenvalue weighted by Gasteiger charge is -2.33. The molecule has 15 nitrogen and oxygen atoms in total. The number of anilines is 2. The number of nitrogens with zero attached hydrogens (tertiary/aromatic N) is 7. The molecule has 3 atom stereocenters. The van der Waals surface area contributed by atoms with E-state index in [1.54, 1.807) is 12.1 Å². The highest BCUT2D eigenvalue weighted by Crippen LogP contribution is 2.68. The van der Waals surface area contributed by atoms with E-state index in [1.807, 2.05) is 4.90 Å². The Hall–Kier alpha value is -5.68. The van der Waals surface area contributed by atoms with Crippen molar-refractivity contribution < 1.29 is 48.0 Å². The maximum atomic E-state index is 15.6. The Kier molecular flexibility index (Phi) is 10.8. The van der Waals surface area contributed by atoms with Crippen LogP contribution < -0.4 is 20.5 Å². The second kappa shape index (κ2) is 15.7. The summed E-state index contributed by atoms with van der Waals surface area (Å²) in [5.74, 6) is -9.17. The van der Waals surface area contributed by atoms with Crippen LogP contribution in [-0.2, 0) is 50.6 Å². The number of amides is 1. The van der Waals surface area contributed by atoms with Gasteiger partial charge in [-0.3, -0.25) is 28.2 Å². The van der Waals surface area contributed by atoms with E-state index in [2.05, 4.69) is 20.2 Å². The van der Waals surface area contributed by atoms with E-state index in [0.717, 1.165) is 23.0 Å². The molecule has 0 spiro atoms. The number of benzene rings is 3. The van der Waals surface area contributed by atoms with E-state index in [9.17, 15) is 39.2 Å². The molecule has 24 heteroatoms. The molecule has 344 valence electrons. The molecule has 4 heterocycles. The lowest BCUT2D eigenvalue weighted by molar-refractivity contribution is -0.123. The van der Waals surface area contributed by atoms with Crippen molar-refractivity contribution in [2.45, 2.75) is 61.8 Å². The number of hydrogen-bond donors (Lipinski definition) is 2. The number of alkyl halides is 4. The Bertz CT molecular complexity index is 3240. The standard InChI is InChI=1S/C41H38ClF6N9O6S2/c1-54-35-30(7-6-27(42)33(35)38(52-54)53-65(3,62)63)57-39(50-28-16-22(4-5-24(28)40(57)59)55-10-8-23(9-11-55)64(2,60)61)29(14-19-12-20(43)15-21(44)13-19)49-31(58)18-56-36-32(34(51-56)37(45)46)25-17-26(25)41(36,47)48/h4-7,12-13,15-16,23,25-26,29,37H,8-11,14,17-18H2,1-3H3,(H,49,58)(H,52,53)/t25-,26+,29-/m0/s1. The minimum absolute atomic E-state index is 0.00251. The predicted molar refractivity (Wildman–Crippen MR) is 228 cm³/mol. The van der Waals surface area contributed by atoms with E-state index in [-0.39, 0.29) is 61.7 Å². The van der Waals surface area contributed by atoms with Gasteiger partial charge in [0, 0.05) is 56.0 Å². The molecule has 1 saturated carbocycles. The number of halogens is 7. The summed E-state index contributed by atoms with van der Waals surface area (Å²) < 4.78 is 144. The topological polar surface area (TPSA) is 183 Å². The Labute approximate surface area is 371 Å². The van der Waals surface area contributed by atoms with Crippen LogP contribution in [0.4, 0.5) is 37.8 Å². The van der Waals surface area contributed by atoms with Crippen molar-refractivity contribution in [3.05, 3.63) is 104 Å². The normalized spacial score (nSPS) is 18.9. The molecule has 6 aromatic rings. The van der Waals surface area contributed by atoms with Gasteiger partial charge in [-0.15, -0.1) is 0 Å². The first-order valence-electron chi connectivity index (χ1n) is 20.2. The van der Waals surface area contributed by atoms with Crippen LogP contribution in [0.1, 0.15) is 66.0 Å². The van der Waals surface area contributed by atoms with Crippen molar-refractivity contribution >= 4 is 70.7 Å². The van der Waals surface area contributed by atoms with Gasteiger partial charge in [-0.25, -0.2) is 39.4 Å². The summed E-state index contributed by atoms with van der Waals surface area (Å²) in [6, 6.07) is 8.49. The molecule has 1 amide bonds. The van der Waals surface area contributed by atoms with Gasteiger partial charge in [0.2, 0.25) is 15.9 Å². The molecular formula is C41H38ClF6N9O6S2. The zero-order valence-corrected chi connectivity index (χ0v) is 36.9. The van der Waals surface area contributed by atoms with Gasteiger partial charge < -0.3 is 10.2 Å². The zero-order chi connectivity index (χ0) is 46.7. The summed E-state index contributed by atoms with van der Waals surface area (Å²) in [7, 11) is -5.80. The number of carbonyl (C=O) groups is 1. The van der Waals surface area contributed by atoms with Gasteiger partial charge in [0.15, 0.2) is 5.82 Å². The van der Waals surface area contributed by atoms with Gasteiger partial charge in [0.1, 0.15) is 45.2 Å². The molecule has 65 heavy (non-hydrogen) atoms. The number of sulfone groups is 1. The second-order valence-corrected chi connectivity index (χ2v) is 21.2. The smallest absolute Gasteiger partial charge is 0.293 e. The van der Waals surface area contributed by atoms with Gasteiger partial charge >= 0.3 is 0 Å². The highest BCUT2D eigenvalue weighted by molar-refractivity contribution is 7.92. The van der Waals surface area contributed by atoms with Crippen LogP contribution in [0.25, 0.3) is 27.5 Å². The molecule has 1 saturated heterocycles. The van der Waals surface area contributed by atoms with Gasteiger partial charge in [-0.05, 0) is 73.2 Å². The Morgan fingerprint density at radius 2 is 1.68 bits per heavy atom. The molecule has 0 radical (unpaired) electrons. The zero-order valence-electron chi connectivity index (χ0n) is 34.5. The van der Waals surface area contributed by atoms with E-state index < -0.39 is 103 Å². The van der Waals surface area contributed by atoms with E-state index >= 15 is 13.6 Å². The van der Waals surface area contributed by atoms with Crippen molar-refractivity contribution in [1.82, 2.24) is 34.4 Å². The fraction of sp³-hybridized carbons (Fsp3) is 0.390. The fourth-order valence-electron chi connectivity index (χ4n) is 9.31. The minimum atomic E-state index is -3.93. The Morgan fingerprint density at radius 3 is 2.32 bits per heavy atom. The van der Waals surface area contributed by atoms with E-state index in [4.69, 9.17) is 16.6 Å². The molecule has 2 aliphatic carbocycles. The SMILES string of the molecule is Cn1nc(NS(C)(=O)=O)c2c(Cl)ccc(-n3c([C@H](Cc4cc(F)cc(F)c4)NC(=O)Cn4nc(C(F)F)c5c4C(F)(F)[C@@H]4C[C@H]54)nc4cc(N5CCC(S(C)(=O)=O)CC5)ccc4c3=O)c21. The Balaban J connectivity index is 1.23. The van der Waals surface area contributed by atoms with Crippen LogP contribution in [0.15, 0.2) is 53.3 Å². The summed E-state index contributed by atoms with van der Waals surface area (Å²) in [4.78, 5) is 36.1. The van der Waals surface area contributed by atoms with Crippen molar-refractivity contribution in [1.29, 1.82) is 0 Å². The summed E-state index contributed by atoms with van der Waals surface area (Å²) in [6.45, 7) is -0.318. The molecule has 2 fully saturated rings. The monoisotopic (exact) mass is 965 g/mol. The van der Waals surface area contributed by atoms with Crippen LogP contribution in [-0.4, -0.2) is 82.7 Å². The first kappa shape index (κ1) is 44.5. The number of piperidine rings is 1. The molecular weight excluding hydrogens is 928 g/mol. The summed E-state index contributed by atoms with van der Waals surface area (Å²) in [5, 5.41) is 10.2. The molecule has 9 rings (SSSR count). The summed E-state index contributed by atoms with van der Waals surface area (Å²) in [6.07, 6.45) is -1.00. The number of hydrogen-bond acceptors (Lipinski definition) is 10. The van der Waals surface area contributed by atoms with Crippen LogP contribution in [0.2, 0.25) is 5.02 Å². The first-order chi connectivity index (χ1) is 30.5. The van der Waals surface area contributed by atoms with Crippen molar-refractivity contribution in [3.8, 4) is 5.69 Å². The first-order valence-corrected chi connectivity index (χ1v) is 24.4. The molecule has 1 aliphatic heterocycles. The summed E-state index contributed by atoms with van der Waals surface area (Å²) >= 11 is 6.64. The highest BCUT2D eigenvalue weighted by atomic mass is 35.5. The lowest BCUT2D eigenvalue weighted by atomic mass is 10.0. The predicted octanol–water partition coefficient (Wildman–Crippen LogP) is 6.03. The molecule has 2 N–H and O–H groups in total. The molecule has 3 aromatic carbocycles. The molecule has 3 aliphatic rings. The van der Waals surface area contributed by atoms with Gasteiger partial charge in [-0.1, -0.05) is 11.6 Å². The van der Waals surface area contributed by atoms with Crippen molar-refractivity contribution in [2.24, 2.45) is 13.0 Å². The van der Waals surface area contributed by atoms with E-state index in [1.165, 1.54) is 36.2 Å². The van der Waals surface area contributed by atoms with Crippen molar-refractivity contribution in [2.75, 3.05) is 35.2 Å². The van der Waals surface area contributed by atoms with Crippen LogP contribution in [0.5, 0.6) is 0 Å². The number of nitrogens with one attached hydrogen (secondary N) is 2. The molecule has 3 aromatic heterocycles. The van der Waals surface area contributed by atoms with E-state index in [0.29, 0.717) is 42.4 Å². The summed E-state index contributed by atoms with van der Waals surface area (Å²) in [5.41, 5.74) is -2.07. The van der Waals surface area contributed by atoms with Gasteiger partial charge in [-0.2, -0.15) is 19.0 Å². The third kappa shape index (κ3) is 8.08. The fourth-order valence-corrected chi connectivity index (χ4v) is 11.1. The second-order valence-electron chi connectivity index (χ2n) is 16.7.